The van der Waals surface area contributed by atoms with E-state index in [2.05, 4.69) is 35.9 Å². The van der Waals surface area contributed by atoms with Gasteiger partial charge < -0.3 is 54.0 Å². The molecule has 0 aliphatic rings. The summed E-state index contributed by atoms with van der Waals surface area (Å²) in [6.07, 6.45) is 6.68. The number of carboxylic acids is 1. The van der Waals surface area contributed by atoms with Gasteiger partial charge in [-0.2, -0.15) is 0 Å². The number of hydrogen-bond acceptors (Lipinski definition) is 8. The molecule has 0 saturated heterocycles. The van der Waals surface area contributed by atoms with Crippen molar-refractivity contribution in [1.82, 2.24) is 30.9 Å². The lowest BCUT2D eigenvalue weighted by atomic mass is 10.0. The number of rotatable bonds is 19. The second-order valence-corrected chi connectivity index (χ2v) is 10.7. The average molecular weight is 626 g/mol. The summed E-state index contributed by atoms with van der Waals surface area (Å²) in [5.41, 5.74) is 24.7. The molecule has 16 heteroatoms. The molecule has 0 aliphatic carbocycles. The summed E-state index contributed by atoms with van der Waals surface area (Å²) in [7, 11) is 0. The number of carboxylic acid groups (broad SMARTS) is 1. The van der Waals surface area contributed by atoms with Crippen LogP contribution in [0.3, 0.4) is 0 Å². The molecule has 0 bridgehead atoms. The normalized spacial score (nSPS) is 13.7. The zero-order valence-electron chi connectivity index (χ0n) is 25.0. The molecule has 3 amide bonds. The van der Waals surface area contributed by atoms with E-state index in [0.29, 0.717) is 31.5 Å². The van der Waals surface area contributed by atoms with Crippen molar-refractivity contribution >= 4 is 40.6 Å². The van der Waals surface area contributed by atoms with Crippen LogP contribution < -0.4 is 38.9 Å². The number of fused-ring (bicyclic) bond motifs is 1. The van der Waals surface area contributed by atoms with Gasteiger partial charge in [-0.3, -0.25) is 19.4 Å². The first-order valence-electron chi connectivity index (χ1n) is 14.8. The molecule has 2 heterocycles. The number of para-hydroxylation sites is 1. The molecule has 2 aromatic heterocycles. The molecule has 4 atom stereocenters. The first-order chi connectivity index (χ1) is 21.6. The number of aliphatic carboxylic acids is 1. The predicted molar refractivity (Wildman–Crippen MR) is 169 cm³/mol. The van der Waals surface area contributed by atoms with Crippen LogP contribution in [0.5, 0.6) is 0 Å². The standard InChI is InChI=1S/C29H43N11O5/c30-10-4-3-8-22(26(42)39-23(28(44)45)9-5-11-35-29(32)33)38-27(43)24(12-17-14-36-21-7-2-1-6-19(17)21)40-25(41)20(31)13-18-15-34-16-37-18/h1-2,6-7,14-16,20,22-24,36H,3-5,8-13,30-31H2,(H,34,37)(H,38,43)(H,39,42)(H,40,41)(H,44,45)(H4,32,33,35). The van der Waals surface area contributed by atoms with Gasteiger partial charge in [0.2, 0.25) is 17.7 Å². The van der Waals surface area contributed by atoms with Crippen molar-refractivity contribution in [2.24, 2.45) is 27.9 Å². The molecule has 1 aromatic carbocycles. The molecule has 0 radical (unpaired) electrons. The summed E-state index contributed by atoms with van der Waals surface area (Å²) < 4.78 is 0. The van der Waals surface area contributed by atoms with Gasteiger partial charge in [-0.15, -0.1) is 0 Å². The molecular weight excluding hydrogens is 582 g/mol. The van der Waals surface area contributed by atoms with Crippen molar-refractivity contribution in [3.63, 3.8) is 0 Å². The first kappa shape index (κ1) is 34.5. The van der Waals surface area contributed by atoms with Crippen molar-refractivity contribution in [3.8, 4) is 0 Å². The molecule has 3 rings (SSSR count). The molecule has 16 nitrogen and oxygen atoms in total. The summed E-state index contributed by atoms with van der Waals surface area (Å²) in [5.74, 6) is -3.24. The highest BCUT2D eigenvalue weighted by molar-refractivity contribution is 5.95. The highest BCUT2D eigenvalue weighted by Gasteiger charge is 2.31. The van der Waals surface area contributed by atoms with Crippen LogP contribution in [-0.4, -0.2) is 87.0 Å². The molecular formula is C29H43N11O5. The van der Waals surface area contributed by atoms with Crippen molar-refractivity contribution in [1.29, 1.82) is 0 Å². The number of amides is 3. The number of H-pyrrole nitrogens is 2. The lowest BCUT2D eigenvalue weighted by Gasteiger charge is -2.25. The summed E-state index contributed by atoms with van der Waals surface area (Å²) in [6, 6.07) is 3.10. The molecule has 14 N–H and O–H groups in total. The number of unbranched alkanes of at least 4 members (excludes halogenated alkanes) is 1. The van der Waals surface area contributed by atoms with Crippen LogP contribution in [0.25, 0.3) is 10.9 Å². The largest absolute Gasteiger partial charge is 0.480 e. The van der Waals surface area contributed by atoms with Crippen LogP contribution in [0.15, 0.2) is 48.0 Å². The lowest BCUT2D eigenvalue weighted by Crippen LogP contribution is -2.57. The molecule has 0 spiro atoms. The Balaban J connectivity index is 1.79. The van der Waals surface area contributed by atoms with Crippen LogP contribution in [0.2, 0.25) is 0 Å². The maximum Gasteiger partial charge on any atom is 0.326 e. The number of aliphatic imine (C=N–C) groups is 1. The van der Waals surface area contributed by atoms with Gasteiger partial charge >= 0.3 is 5.97 Å². The molecule has 45 heavy (non-hydrogen) atoms. The molecule has 244 valence electrons. The first-order valence-corrected chi connectivity index (χ1v) is 14.8. The number of imidazole rings is 1. The topological polar surface area (TPSA) is 286 Å². The van der Waals surface area contributed by atoms with Gasteiger partial charge in [-0.05, 0) is 50.3 Å². The zero-order chi connectivity index (χ0) is 32.8. The van der Waals surface area contributed by atoms with E-state index in [1.54, 1.807) is 12.4 Å². The second-order valence-electron chi connectivity index (χ2n) is 10.7. The minimum atomic E-state index is -1.24. The minimum absolute atomic E-state index is 0.0643. The smallest absolute Gasteiger partial charge is 0.326 e. The third kappa shape index (κ3) is 10.9. The maximum atomic E-state index is 13.8. The van der Waals surface area contributed by atoms with E-state index >= 15 is 0 Å². The van der Waals surface area contributed by atoms with Crippen LogP contribution in [-0.2, 0) is 32.0 Å². The Labute approximate surface area is 260 Å². The SMILES string of the molecule is NCCCCC(NC(=O)C(Cc1c[nH]c2ccccc12)NC(=O)C(N)Cc1cnc[nH]1)C(=O)NC(CCCN=C(N)N)C(=O)O. The second kappa shape index (κ2) is 17.4. The Kier molecular flexibility index (Phi) is 13.3. The molecule has 0 aliphatic heterocycles. The number of nitrogens with zero attached hydrogens (tertiary/aromatic N) is 2. The Morgan fingerprint density at radius 1 is 0.889 bits per heavy atom. The van der Waals surface area contributed by atoms with Crippen molar-refractivity contribution in [3.05, 3.63) is 54.2 Å². The predicted octanol–water partition coefficient (Wildman–Crippen LogP) is -1.27. The van der Waals surface area contributed by atoms with Gasteiger partial charge in [0.15, 0.2) is 5.96 Å². The van der Waals surface area contributed by atoms with Crippen molar-refractivity contribution in [2.75, 3.05) is 13.1 Å². The zero-order valence-corrected chi connectivity index (χ0v) is 25.0. The van der Waals surface area contributed by atoms with E-state index in [4.69, 9.17) is 22.9 Å². The number of nitrogens with two attached hydrogens (primary N) is 4. The Hall–Kier alpha value is -4.96. The monoisotopic (exact) mass is 625 g/mol. The third-order valence-corrected chi connectivity index (χ3v) is 7.20. The van der Waals surface area contributed by atoms with E-state index in [9.17, 15) is 24.3 Å². The fourth-order valence-corrected chi connectivity index (χ4v) is 4.80. The average Bonchev–Trinajstić information content (AvgIpc) is 3.67. The highest BCUT2D eigenvalue weighted by atomic mass is 16.4. The molecule has 4 unspecified atom stereocenters. The van der Waals surface area contributed by atoms with Crippen LogP contribution >= 0.6 is 0 Å². The highest BCUT2D eigenvalue weighted by Crippen LogP contribution is 2.19. The van der Waals surface area contributed by atoms with Gasteiger partial charge in [0.25, 0.3) is 0 Å². The van der Waals surface area contributed by atoms with E-state index in [1.807, 2.05) is 24.3 Å². The van der Waals surface area contributed by atoms with Gasteiger partial charge in [0, 0.05) is 48.4 Å². The van der Waals surface area contributed by atoms with E-state index < -0.39 is 47.9 Å². The number of nitrogens with one attached hydrogen (secondary N) is 5. The van der Waals surface area contributed by atoms with Crippen LogP contribution in [0.1, 0.15) is 43.4 Å². The van der Waals surface area contributed by atoms with Crippen LogP contribution in [0.4, 0.5) is 0 Å². The van der Waals surface area contributed by atoms with E-state index in [-0.39, 0.29) is 38.2 Å². The van der Waals surface area contributed by atoms with Gasteiger partial charge in [-0.25, -0.2) is 9.78 Å². The van der Waals surface area contributed by atoms with Gasteiger partial charge in [-0.1, -0.05) is 18.2 Å². The summed E-state index contributed by atoms with van der Waals surface area (Å²) in [4.78, 5) is 66.0. The Bertz CT molecular complexity index is 1440. The Morgan fingerprint density at radius 2 is 1.58 bits per heavy atom. The quantitative estimate of drug-likeness (QED) is 0.0428. The van der Waals surface area contributed by atoms with Crippen LogP contribution in [0, 0.1) is 0 Å². The number of aromatic nitrogens is 3. The summed E-state index contributed by atoms with van der Waals surface area (Å²) in [5, 5.41) is 18.6. The number of benzene rings is 1. The van der Waals surface area contributed by atoms with E-state index in [1.165, 1.54) is 6.33 Å². The summed E-state index contributed by atoms with van der Waals surface area (Å²) >= 11 is 0. The lowest BCUT2D eigenvalue weighted by molar-refractivity contribution is -0.142. The number of carbonyl (C=O) groups excluding carboxylic acids is 3. The third-order valence-electron chi connectivity index (χ3n) is 7.20. The van der Waals surface area contributed by atoms with Gasteiger partial charge in [0.1, 0.15) is 18.1 Å². The van der Waals surface area contributed by atoms with E-state index in [0.717, 1.165) is 16.5 Å². The number of hydrogen-bond donors (Lipinski definition) is 10. The molecule has 0 fully saturated rings. The number of carbonyl (C=O) groups is 4. The Morgan fingerprint density at radius 3 is 2.27 bits per heavy atom. The fraction of sp³-hybridized carbons (Fsp3) is 0.448. The fourth-order valence-electron chi connectivity index (χ4n) is 4.80. The number of guanidine groups is 1. The van der Waals surface area contributed by atoms with Gasteiger partial charge in [0.05, 0.1) is 12.4 Å². The number of aromatic amines is 2. The van der Waals surface area contributed by atoms with Crippen molar-refractivity contribution < 1.29 is 24.3 Å². The van der Waals surface area contributed by atoms with Crippen molar-refractivity contribution in [2.45, 2.75) is 69.1 Å². The summed E-state index contributed by atoms with van der Waals surface area (Å²) in [6.45, 7) is 0.564. The maximum absolute atomic E-state index is 13.8. The minimum Gasteiger partial charge on any atom is -0.480 e. The molecule has 0 saturated carbocycles. The molecule has 3 aromatic rings.